The Hall–Kier alpha value is -2.30. The highest BCUT2D eigenvalue weighted by molar-refractivity contribution is 5.96. The molecule has 0 aromatic carbocycles. The van der Waals surface area contributed by atoms with Crippen LogP contribution in [0.1, 0.15) is 78.1 Å². The highest BCUT2D eigenvalue weighted by atomic mass is 16.6. The summed E-state index contributed by atoms with van der Waals surface area (Å²) in [5.41, 5.74) is -0.583. The van der Waals surface area contributed by atoms with Crippen LogP contribution in [0.3, 0.4) is 0 Å². The predicted octanol–water partition coefficient (Wildman–Crippen LogP) is 1.96. The van der Waals surface area contributed by atoms with Gasteiger partial charge in [0, 0.05) is 18.4 Å². The Morgan fingerprint density at radius 2 is 1.92 bits per heavy atom. The number of ketones is 1. The molecule has 5 N–H and O–H groups in total. The molecule has 10 heteroatoms. The van der Waals surface area contributed by atoms with E-state index in [1.807, 2.05) is 13.0 Å². The van der Waals surface area contributed by atoms with Gasteiger partial charge in [0.1, 0.15) is 12.2 Å². The maximum Gasteiger partial charge on any atom is 0.303 e. The van der Waals surface area contributed by atoms with Gasteiger partial charge in [0.15, 0.2) is 12.4 Å². The fourth-order valence-electron chi connectivity index (χ4n) is 8.22. The minimum absolute atomic E-state index is 0.0153. The third-order valence-electron chi connectivity index (χ3n) is 10.2. The fourth-order valence-corrected chi connectivity index (χ4v) is 8.22. The monoisotopic (exact) mass is 534 g/mol. The highest BCUT2D eigenvalue weighted by Crippen LogP contribution is 2.67. The molecule has 0 saturated heterocycles. The fraction of sp³-hybridized carbons (Fsp3) is 0.786. The van der Waals surface area contributed by atoms with Crippen LogP contribution in [-0.2, 0) is 19.2 Å². The molecule has 0 heterocycles. The smallest absolute Gasteiger partial charge is 0.303 e. The highest BCUT2D eigenvalue weighted by Gasteiger charge is 2.68. The molecule has 0 unspecified atom stereocenters. The van der Waals surface area contributed by atoms with Crippen molar-refractivity contribution in [2.75, 3.05) is 19.8 Å². The van der Waals surface area contributed by atoms with Crippen molar-refractivity contribution < 1.29 is 39.6 Å². The van der Waals surface area contributed by atoms with E-state index in [2.05, 4.69) is 17.4 Å². The number of carbonyl (C=O) groups is 3. The molecule has 0 aromatic heterocycles. The van der Waals surface area contributed by atoms with E-state index < -0.39 is 35.5 Å². The van der Waals surface area contributed by atoms with Crippen molar-refractivity contribution in [3.63, 3.8) is 0 Å². The van der Waals surface area contributed by atoms with Crippen LogP contribution < -0.4 is 5.32 Å². The number of amides is 1. The van der Waals surface area contributed by atoms with E-state index in [9.17, 15) is 29.7 Å². The number of unbranched alkanes of at least 4 members (excludes halogenated alkanes) is 1. The topological polar surface area (TPSA) is 166 Å². The van der Waals surface area contributed by atoms with Gasteiger partial charge in [-0.1, -0.05) is 24.6 Å². The minimum Gasteiger partial charge on any atom is -0.481 e. The standard InChI is InChI=1S/C28H42N2O8/c1-26-10-8-18(30-38-16-23(34)29-12-4-3-5-24(35)36)13-17(26)6-7-19-20-9-11-28(37,22(33)15-31)27(20,2)14-21(32)25(19)26/h13,19-21,25,31-32,37H,3-12,14-16H2,1-2H3,(H,29,34)(H,35,36)/b30-18+/t19-,20-,21-,25+,26+,27-,28-/m1/s1. The molecule has 3 fully saturated rings. The SMILES string of the molecule is C[C@]12CC/C(=N\OCC(=O)NCCCCC(=O)O)C=C1CC[C@H]1[C@H]2[C@H](O)C[C@]2(C)[C@@H]1CC[C@@]2(O)C(=O)CO. The Morgan fingerprint density at radius 3 is 2.63 bits per heavy atom. The van der Waals surface area contributed by atoms with E-state index in [0.717, 1.165) is 25.0 Å². The van der Waals surface area contributed by atoms with Gasteiger partial charge in [-0.3, -0.25) is 14.4 Å². The molecule has 4 aliphatic rings. The lowest BCUT2D eigenvalue weighted by atomic mass is 9.45. The second-order valence-electron chi connectivity index (χ2n) is 12.1. The van der Waals surface area contributed by atoms with Gasteiger partial charge in [-0.05, 0) is 87.0 Å². The molecule has 0 radical (unpaired) electrons. The number of carboxylic acid groups (broad SMARTS) is 1. The van der Waals surface area contributed by atoms with E-state index in [0.29, 0.717) is 45.1 Å². The molecule has 38 heavy (non-hydrogen) atoms. The molecule has 4 aliphatic carbocycles. The van der Waals surface area contributed by atoms with Crippen LogP contribution >= 0.6 is 0 Å². The zero-order valence-electron chi connectivity index (χ0n) is 22.4. The number of aliphatic hydroxyl groups is 3. The van der Waals surface area contributed by atoms with E-state index in [1.165, 1.54) is 5.57 Å². The van der Waals surface area contributed by atoms with Crippen LogP contribution in [0.25, 0.3) is 0 Å². The van der Waals surface area contributed by atoms with Gasteiger partial charge >= 0.3 is 5.97 Å². The van der Waals surface area contributed by atoms with Crippen molar-refractivity contribution in [1.82, 2.24) is 5.32 Å². The molecule has 3 saturated carbocycles. The number of aliphatic hydroxyl groups excluding tert-OH is 2. The van der Waals surface area contributed by atoms with Crippen LogP contribution in [0.2, 0.25) is 0 Å². The zero-order valence-corrected chi connectivity index (χ0v) is 22.4. The summed E-state index contributed by atoms with van der Waals surface area (Å²) in [6.07, 6.45) is 7.05. The van der Waals surface area contributed by atoms with Crippen LogP contribution in [0.5, 0.6) is 0 Å². The number of carboxylic acids is 1. The number of rotatable bonds is 10. The molecule has 1 amide bonds. The Balaban J connectivity index is 1.39. The predicted molar refractivity (Wildman–Crippen MR) is 138 cm³/mol. The summed E-state index contributed by atoms with van der Waals surface area (Å²) in [6.45, 7) is 3.62. The van der Waals surface area contributed by atoms with Crippen molar-refractivity contribution in [3.05, 3.63) is 11.6 Å². The van der Waals surface area contributed by atoms with E-state index in [1.54, 1.807) is 0 Å². The third kappa shape index (κ3) is 5.02. The van der Waals surface area contributed by atoms with Crippen molar-refractivity contribution in [2.24, 2.45) is 33.7 Å². The van der Waals surface area contributed by atoms with Crippen LogP contribution in [0.4, 0.5) is 0 Å². The van der Waals surface area contributed by atoms with Crippen molar-refractivity contribution in [2.45, 2.75) is 89.8 Å². The number of oxime groups is 1. The Bertz CT molecular complexity index is 1010. The Labute approximate surface area is 223 Å². The molecular formula is C28H42N2O8. The first kappa shape index (κ1) is 28.7. The lowest BCUT2D eigenvalue weighted by Gasteiger charge is -2.60. The Morgan fingerprint density at radius 1 is 1.16 bits per heavy atom. The van der Waals surface area contributed by atoms with E-state index in [-0.39, 0.29) is 42.1 Å². The normalized spacial score (nSPS) is 39.0. The number of hydrogen-bond acceptors (Lipinski definition) is 8. The van der Waals surface area contributed by atoms with Gasteiger partial charge in [-0.2, -0.15) is 0 Å². The Kier molecular flexibility index (Phi) is 8.35. The van der Waals surface area contributed by atoms with Crippen LogP contribution in [-0.4, -0.2) is 75.3 Å². The maximum absolute atomic E-state index is 12.6. The summed E-state index contributed by atoms with van der Waals surface area (Å²) < 4.78 is 0. The van der Waals surface area contributed by atoms with Crippen LogP contribution in [0.15, 0.2) is 16.8 Å². The average molecular weight is 535 g/mol. The lowest BCUT2D eigenvalue weighted by Crippen LogP contribution is -2.62. The molecule has 4 rings (SSSR count). The van der Waals surface area contributed by atoms with E-state index >= 15 is 0 Å². The summed E-state index contributed by atoms with van der Waals surface area (Å²) in [5, 5.41) is 47.9. The lowest BCUT2D eigenvalue weighted by molar-refractivity contribution is -0.181. The molecule has 7 atom stereocenters. The largest absolute Gasteiger partial charge is 0.481 e. The molecule has 0 bridgehead atoms. The molecule has 0 spiro atoms. The third-order valence-corrected chi connectivity index (χ3v) is 10.2. The number of nitrogens with one attached hydrogen (secondary N) is 1. The van der Waals surface area contributed by atoms with Gasteiger partial charge in [-0.15, -0.1) is 0 Å². The molecular weight excluding hydrogens is 492 g/mol. The molecule has 0 aliphatic heterocycles. The quantitative estimate of drug-likeness (QED) is 0.210. The second kappa shape index (κ2) is 11.1. The number of fused-ring (bicyclic) bond motifs is 5. The number of Topliss-reactive ketones (excluding diaryl/α,β-unsaturated/α-hetero) is 1. The van der Waals surface area contributed by atoms with Gasteiger partial charge < -0.3 is 30.6 Å². The summed E-state index contributed by atoms with van der Waals surface area (Å²) in [7, 11) is 0. The van der Waals surface area contributed by atoms with Crippen molar-refractivity contribution in [1.29, 1.82) is 0 Å². The van der Waals surface area contributed by atoms with Gasteiger partial charge in [0.05, 0.1) is 11.8 Å². The minimum atomic E-state index is -1.59. The van der Waals surface area contributed by atoms with Gasteiger partial charge in [-0.25, -0.2) is 0 Å². The molecule has 0 aromatic rings. The first-order chi connectivity index (χ1) is 18.0. The molecule has 10 nitrogen and oxygen atoms in total. The van der Waals surface area contributed by atoms with Crippen LogP contribution in [0, 0.1) is 28.6 Å². The number of allylic oxidation sites excluding steroid dienone is 2. The second-order valence-corrected chi connectivity index (χ2v) is 12.1. The molecule has 212 valence electrons. The van der Waals surface area contributed by atoms with Gasteiger partial charge in [0.25, 0.3) is 5.91 Å². The van der Waals surface area contributed by atoms with Crippen molar-refractivity contribution >= 4 is 23.4 Å². The number of hydrogen-bond donors (Lipinski definition) is 5. The zero-order chi connectivity index (χ0) is 27.7. The average Bonchev–Trinajstić information content (AvgIpc) is 3.13. The maximum atomic E-state index is 12.6. The van der Waals surface area contributed by atoms with Gasteiger partial charge in [0.2, 0.25) is 0 Å². The van der Waals surface area contributed by atoms with Crippen molar-refractivity contribution in [3.8, 4) is 0 Å². The number of nitrogens with zero attached hydrogens (tertiary/aromatic N) is 1. The number of carbonyl (C=O) groups excluding carboxylic acids is 2. The number of aliphatic carboxylic acids is 1. The summed E-state index contributed by atoms with van der Waals surface area (Å²) in [6, 6.07) is 0. The first-order valence-corrected chi connectivity index (χ1v) is 13.9. The van der Waals surface area contributed by atoms with E-state index in [4.69, 9.17) is 9.94 Å². The summed E-state index contributed by atoms with van der Waals surface area (Å²) in [5.74, 6) is -1.39. The summed E-state index contributed by atoms with van der Waals surface area (Å²) in [4.78, 5) is 40.4. The summed E-state index contributed by atoms with van der Waals surface area (Å²) >= 11 is 0. The first-order valence-electron chi connectivity index (χ1n) is 13.9.